The van der Waals surface area contributed by atoms with Crippen LogP contribution in [-0.2, 0) is 4.74 Å². The molecule has 2 amide bonds. The summed E-state index contributed by atoms with van der Waals surface area (Å²) in [6.45, 7) is 5.66. The van der Waals surface area contributed by atoms with Crippen molar-refractivity contribution >= 4 is 23.6 Å². The molecule has 3 rings (SSSR count). The Morgan fingerprint density at radius 3 is 2.35 bits per heavy atom. The van der Waals surface area contributed by atoms with Crippen molar-refractivity contribution in [1.82, 2.24) is 24.8 Å². The van der Waals surface area contributed by atoms with Crippen LogP contribution in [0, 0.1) is 6.92 Å². The summed E-state index contributed by atoms with van der Waals surface area (Å²) < 4.78 is 6.60. The molecule has 2 heterocycles. The van der Waals surface area contributed by atoms with Crippen molar-refractivity contribution in [3.63, 3.8) is 0 Å². The van der Waals surface area contributed by atoms with E-state index in [2.05, 4.69) is 10.3 Å². The van der Waals surface area contributed by atoms with Gasteiger partial charge in [-0.1, -0.05) is 16.8 Å². The van der Waals surface area contributed by atoms with E-state index in [1.165, 1.54) is 0 Å². The molecule has 1 fully saturated rings. The lowest BCUT2D eigenvalue weighted by Gasteiger charge is -2.33. The summed E-state index contributed by atoms with van der Waals surface area (Å²) in [6.07, 6.45) is -0.343. The molecule has 1 aliphatic heterocycles. The summed E-state index contributed by atoms with van der Waals surface area (Å²) in [5.74, 6) is -0.189. The van der Waals surface area contributed by atoms with Gasteiger partial charge < -0.3 is 14.5 Å². The van der Waals surface area contributed by atoms with Crippen molar-refractivity contribution < 1.29 is 14.3 Å². The van der Waals surface area contributed by atoms with E-state index in [1.54, 1.807) is 40.5 Å². The van der Waals surface area contributed by atoms with Crippen LogP contribution in [0.15, 0.2) is 24.3 Å². The standard InChI is InChI=1S/C17H20ClN5O3/c1-3-26-17(25)22-10-8-21(9-11-22)16(24)15-12(2)23(20-19-15)14-6-4-13(18)5-7-14/h4-7H,3,8-11H2,1-2H3. The molecule has 0 aliphatic carbocycles. The number of amides is 2. The topological polar surface area (TPSA) is 80.6 Å². The van der Waals surface area contributed by atoms with Crippen LogP contribution < -0.4 is 0 Å². The highest BCUT2D eigenvalue weighted by Crippen LogP contribution is 2.17. The maximum Gasteiger partial charge on any atom is 0.409 e. The molecular weight excluding hydrogens is 358 g/mol. The molecule has 9 heteroatoms. The molecule has 0 unspecified atom stereocenters. The predicted molar refractivity (Wildman–Crippen MR) is 95.6 cm³/mol. The number of piperazine rings is 1. The average molecular weight is 378 g/mol. The van der Waals surface area contributed by atoms with Gasteiger partial charge in [-0.3, -0.25) is 4.79 Å². The summed E-state index contributed by atoms with van der Waals surface area (Å²) in [4.78, 5) is 27.8. The van der Waals surface area contributed by atoms with Gasteiger partial charge in [0.15, 0.2) is 5.69 Å². The smallest absolute Gasteiger partial charge is 0.409 e. The van der Waals surface area contributed by atoms with Gasteiger partial charge in [0.2, 0.25) is 0 Å². The molecule has 0 bridgehead atoms. The number of benzene rings is 1. The molecule has 1 aromatic carbocycles. The van der Waals surface area contributed by atoms with Crippen LogP contribution in [0.2, 0.25) is 5.02 Å². The highest BCUT2D eigenvalue weighted by molar-refractivity contribution is 6.30. The van der Waals surface area contributed by atoms with Crippen LogP contribution in [0.1, 0.15) is 23.1 Å². The van der Waals surface area contributed by atoms with Crippen LogP contribution in [0.25, 0.3) is 5.69 Å². The van der Waals surface area contributed by atoms with Gasteiger partial charge in [-0.15, -0.1) is 5.10 Å². The zero-order valence-corrected chi connectivity index (χ0v) is 15.4. The van der Waals surface area contributed by atoms with Crippen LogP contribution in [-0.4, -0.2) is 69.6 Å². The number of nitrogens with zero attached hydrogens (tertiary/aromatic N) is 5. The minimum atomic E-state index is -0.343. The Hall–Kier alpha value is -2.61. The molecule has 0 atom stereocenters. The largest absolute Gasteiger partial charge is 0.450 e. The monoisotopic (exact) mass is 377 g/mol. The molecule has 0 spiro atoms. The fourth-order valence-corrected chi connectivity index (χ4v) is 2.94. The first-order valence-electron chi connectivity index (χ1n) is 8.40. The van der Waals surface area contributed by atoms with Crippen molar-refractivity contribution in [3.05, 3.63) is 40.7 Å². The number of hydrogen-bond donors (Lipinski definition) is 0. The third-order valence-electron chi connectivity index (χ3n) is 4.26. The Morgan fingerprint density at radius 1 is 1.12 bits per heavy atom. The van der Waals surface area contributed by atoms with E-state index in [9.17, 15) is 9.59 Å². The first-order chi connectivity index (χ1) is 12.5. The zero-order valence-electron chi connectivity index (χ0n) is 14.7. The summed E-state index contributed by atoms with van der Waals surface area (Å²) in [6, 6.07) is 7.15. The minimum Gasteiger partial charge on any atom is -0.450 e. The van der Waals surface area contributed by atoms with Crippen LogP contribution in [0.3, 0.4) is 0 Å². The molecular formula is C17H20ClN5O3. The van der Waals surface area contributed by atoms with E-state index in [4.69, 9.17) is 16.3 Å². The van der Waals surface area contributed by atoms with Gasteiger partial charge in [-0.05, 0) is 38.1 Å². The second-order valence-electron chi connectivity index (χ2n) is 5.89. The average Bonchev–Trinajstić information content (AvgIpc) is 3.03. The molecule has 1 aliphatic rings. The molecule has 8 nitrogen and oxygen atoms in total. The molecule has 1 saturated heterocycles. The Morgan fingerprint density at radius 2 is 1.73 bits per heavy atom. The summed E-state index contributed by atoms with van der Waals surface area (Å²) in [7, 11) is 0. The zero-order chi connectivity index (χ0) is 18.7. The van der Waals surface area contributed by atoms with Gasteiger partial charge in [-0.2, -0.15) is 0 Å². The summed E-state index contributed by atoms with van der Waals surface area (Å²) in [5.41, 5.74) is 1.75. The van der Waals surface area contributed by atoms with Crippen molar-refractivity contribution in [2.45, 2.75) is 13.8 Å². The Kier molecular flexibility index (Phi) is 5.41. The van der Waals surface area contributed by atoms with E-state index in [1.807, 2.05) is 12.1 Å². The number of carbonyl (C=O) groups excluding carboxylic acids is 2. The van der Waals surface area contributed by atoms with Gasteiger partial charge in [0.05, 0.1) is 18.0 Å². The Balaban J connectivity index is 1.70. The third kappa shape index (κ3) is 3.65. The SMILES string of the molecule is CCOC(=O)N1CCN(C(=O)c2nnn(-c3ccc(Cl)cc3)c2C)CC1. The highest BCUT2D eigenvalue weighted by atomic mass is 35.5. The van der Waals surface area contributed by atoms with Crippen molar-refractivity contribution in [2.75, 3.05) is 32.8 Å². The van der Waals surface area contributed by atoms with Gasteiger partial charge in [-0.25, -0.2) is 9.48 Å². The maximum absolute atomic E-state index is 12.8. The number of hydrogen-bond acceptors (Lipinski definition) is 5. The lowest BCUT2D eigenvalue weighted by Crippen LogP contribution is -2.50. The first kappa shape index (κ1) is 18.2. The first-order valence-corrected chi connectivity index (χ1v) is 8.78. The number of rotatable bonds is 3. The molecule has 0 N–H and O–H groups in total. The Labute approximate surface area is 156 Å². The predicted octanol–water partition coefficient (Wildman–Crippen LogP) is 2.14. The van der Waals surface area contributed by atoms with Crippen LogP contribution >= 0.6 is 11.6 Å². The molecule has 0 saturated carbocycles. The lowest BCUT2D eigenvalue weighted by atomic mass is 10.2. The molecule has 138 valence electrons. The van der Waals surface area contributed by atoms with Crippen molar-refractivity contribution in [2.24, 2.45) is 0 Å². The van der Waals surface area contributed by atoms with E-state index in [0.29, 0.717) is 49.2 Å². The maximum atomic E-state index is 12.8. The van der Waals surface area contributed by atoms with Crippen molar-refractivity contribution in [3.8, 4) is 5.69 Å². The number of halogens is 1. The van der Waals surface area contributed by atoms with Crippen LogP contribution in [0.5, 0.6) is 0 Å². The highest BCUT2D eigenvalue weighted by Gasteiger charge is 2.28. The third-order valence-corrected chi connectivity index (χ3v) is 4.51. The summed E-state index contributed by atoms with van der Waals surface area (Å²) in [5, 5.41) is 8.77. The van der Waals surface area contributed by atoms with E-state index < -0.39 is 0 Å². The fourth-order valence-electron chi connectivity index (χ4n) is 2.81. The molecule has 2 aromatic rings. The summed E-state index contributed by atoms with van der Waals surface area (Å²) >= 11 is 5.91. The fraction of sp³-hybridized carbons (Fsp3) is 0.412. The number of aromatic nitrogens is 3. The van der Waals surface area contributed by atoms with Gasteiger partial charge in [0, 0.05) is 31.2 Å². The van der Waals surface area contributed by atoms with E-state index >= 15 is 0 Å². The Bertz CT molecular complexity index is 797. The van der Waals surface area contributed by atoms with Crippen molar-refractivity contribution in [1.29, 1.82) is 0 Å². The normalized spacial score (nSPS) is 14.4. The second kappa shape index (κ2) is 7.74. The minimum absolute atomic E-state index is 0.189. The van der Waals surface area contributed by atoms with Crippen LogP contribution in [0.4, 0.5) is 4.79 Å². The van der Waals surface area contributed by atoms with Gasteiger partial charge in [0.1, 0.15) is 0 Å². The van der Waals surface area contributed by atoms with E-state index in [0.717, 1.165) is 5.69 Å². The molecule has 1 aromatic heterocycles. The van der Waals surface area contributed by atoms with Gasteiger partial charge in [0.25, 0.3) is 5.91 Å². The van der Waals surface area contributed by atoms with Gasteiger partial charge >= 0.3 is 6.09 Å². The molecule has 26 heavy (non-hydrogen) atoms. The lowest BCUT2D eigenvalue weighted by molar-refractivity contribution is 0.0565. The quantitative estimate of drug-likeness (QED) is 0.818. The number of carbonyl (C=O) groups is 2. The number of ether oxygens (including phenoxy) is 1. The molecule has 0 radical (unpaired) electrons. The second-order valence-corrected chi connectivity index (χ2v) is 6.33. The van der Waals surface area contributed by atoms with E-state index in [-0.39, 0.29) is 12.0 Å².